The lowest BCUT2D eigenvalue weighted by Crippen LogP contribution is -2.24. The van der Waals surface area contributed by atoms with Crippen LogP contribution < -0.4 is 5.73 Å². The Hall–Kier alpha value is -1.84. The van der Waals surface area contributed by atoms with Crippen LogP contribution in [0.5, 0.6) is 0 Å². The molecule has 0 saturated carbocycles. The van der Waals surface area contributed by atoms with E-state index >= 15 is 0 Å². The fourth-order valence-electron chi connectivity index (χ4n) is 1.45. The number of ether oxygens (including phenoxy) is 1. The third kappa shape index (κ3) is 4.99. The lowest BCUT2D eigenvalue weighted by molar-refractivity contribution is 0.0604. The van der Waals surface area contributed by atoms with Crippen molar-refractivity contribution in [3.05, 3.63) is 35.4 Å². The molecule has 0 radical (unpaired) electrons. The molecule has 0 spiro atoms. The number of nitrogens with zero attached hydrogens (tertiary/aromatic N) is 1. The molecule has 0 aliphatic rings. The van der Waals surface area contributed by atoms with Gasteiger partial charge < -0.3 is 10.5 Å². The van der Waals surface area contributed by atoms with Gasteiger partial charge in [0.15, 0.2) is 0 Å². The Morgan fingerprint density at radius 1 is 1.33 bits per heavy atom. The highest BCUT2D eigenvalue weighted by Gasteiger charge is 2.15. The van der Waals surface area contributed by atoms with Crippen molar-refractivity contribution in [3.63, 3.8) is 0 Å². The van der Waals surface area contributed by atoms with Crippen LogP contribution in [0.15, 0.2) is 29.3 Å². The summed E-state index contributed by atoms with van der Waals surface area (Å²) < 4.78 is 5.07. The van der Waals surface area contributed by atoms with Gasteiger partial charge in [0.05, 0.1) is 0 Å². The predicted molar refractivity (Wildman–Crippen MR) is 72.7 cm³/mol. The number of rotatable bonds is 2. The van der Waals surface area contributed by atoms with E-state index in [1.54, 1.807) is 20.8 Å². The summed E-state index contributed by atoms with van der Waals surface area (Å²) in [6, 6.07) is 7.85. The number of amidine groups is 1. The zero-order valence-electron chi connectivity index (χ0n) is 11.4. The second-order valence-corrected chi connectivity index (χ2v) is 5.19. The first-order valence-electron chi connectivity index (χ1n) is 5.88. The van der Waals surface area contributed by atoms with E-state index in [4.69, 9.17) is 10.5 Å². The van der Waals surface area contributed by atoms with Crippen LogP contribution >= 0.6 is 0 Å². The molecular formula is C14H20N2O2. The summed E-state index contributed by atoms with van der Waals surface area (Å²) in [4.78, 5) is 15.2. The zero-order valence-corrected chi connectivity index (χ0v) is 11.4. The molecule has 0 bridgehead atoms. The van der Waals surface area contributed by atoms with Gasteiger partial charge in [-0.3, -0.25) is 0 Å². The number of aryl methyl sites for hydroxylation is 1. The normalized spacial score (nSPS) is 12.3. The Balaban J connectivity index is 2.68. The van der Waals surface area contributed by atoms with Gasteiger partial charge in [-0.15, -0.1) is 0 Å². The van der Waals surface area contributed by atoms with E-state index < -0.39 is 11.7 Å². The minimum absolute atomic E-state index is 0.263. The molecule has 0 unspecified atom stereocenters. The van der Waals surface area contributed by atoms with Gasteiger partial charge in [-0.2, -0.15) is 4.99 Å². The maximum atomic E-state index is 11.5. The number of amides is 1. The van der Waals surface area contributed by atoms with Crippen LogP contribution in [0.25, 0.3) is 0 Å². The zero-order chi connectivity index (χ0) is 13.8. The molecular weight excluding hydrogens is 228 g/mol. The molecule has 2 N–H and O–H groups in total. The molecule has 1 aromatic rings. The second kappa shape index (κ2) is 5.67. The SMILES string of the molecule is Cc1ccccc1C/C(N)=N/C(=O)OC(C)(C)C. The summed E-state index contributed by atoms with van der Waals surface area (Å²) in [5.41, 5.74) is 7.37. The highest BCUT2D eigenvalue weighted by molar-refractivity contribution is 5.92. The van der Waals surface area contributed by atoms with Gasteiger partial charge >= 0.3 is 6.09 Å². The molecule has 0 fully saturated rings. The number of hydrogen-bond acceptors (Lipinski definition) is 2. The van der Waals surface area contributed by atoms with Crippen LogP contribution in [0.1, 0.15) is 31.9 Å². The Morgan fingerprint density at radius 2 is 1.94 bits per heavy atom. The van der Waals surface area contributed by atoms with E-state index in [2.05, 4.69) is 4.99 Å². The Kier molecular flexibility index (Phi) is 4.48. The quantitative estimate of drug-likeness (QED) is 0.646. The first-order valence-corrected chi connectivity index (χ1v) is 5.88. The number of hydrogen-bond donors (Lipinski definition) is 1. The summed E-state index contributed by atoms with van der Waals surface area (Å²) in [5.74, 6) is 0.263. The Morgan fingerprint density at radius 3 is 2.50 bits per heavy atom. The van der Waals surface area contributed by atoms with Crippen LogP contribution in [0.3, 0.4) is 0 Å². The fourth-order valence-corrected chi connectivity index (χ4v) is 1.45. The van der Waals surface area contributed by atoms with Gasteiger partial charge in [-0.1, -0.05) is 24.3 Å². The van der Waals surface area contributed by atoms with E-state index in [-0.39, 0.29) is 5.84 Å². The number of carbonyl (C=O) groups is 1. The first kappa shape index (κ1) is 14.2. The van der Waals surface area contributed by atoms with Crippen molar-refractivity contribution in [1.82, 2.24) is 0 Å². The lowest BCUT2D eigenvalue weighted by atomic mass is 10.1. The van der Waals surface area contributed by atoms with Gasteiger partial charge in [0.2, 0.25) is 0 Å². The molecule has 1 rings (SSSR count). The van der Waals surface area contributed by atoms with Gasteiger partial charge in [0.1, 0.15) is 11.4 Å². The number of benzene rings is 1. The number of aliphatic imine (C=N–C) groups is 1. The molecule has 4 nitrogen and oxygen atoms in total. The van der Waals surface area contributed by atoms with E-state index in [1.807, 2.05) is 31.2 Å². The third-order valence-corrected chi connectivity index (χ3v) is 2.26. The van der Waals surface area contributed by atoms with Crippen molar-refractivity contribution in [2.45, 2.75) is 39.7 Å². The van der Waals surface area contributed by atoms with Crippen LogP contribution in [-0.2, 0) is 11.2 Å². The monoisotopic (exact) mass is 248 g/mol. The van der Waals surface area contributed by atoms with E-state index in [9.17, 15) is 4.79 Å². The van der Waals surface area contributed by atoms with Gasteiger partial charge in [0, 0.05) is 6.42 Å². The second-order valence-electron chi connectivity index (χ2n) is 5.19. The minimum Gasteiger partial charge on any atom is -0.442 e. The average Bonchev–Trinajstić information content (AvgIpc) is 2.18. The summed E-state index contributed by atoms with van der Waals surface area (Å²) in [7, 11) is 0. The van der Waals surface area contributed by atoms with Crippen LogP contribution in [-0.4, -0.2) is 17.5 Å². The highest BCUT2D eigenvalue weighted by Crippen LogP contribution is 2.10. The molecule has 0 saturated heterocycles. The lowest BCUT2D eigenvalue weighted by Gasteiger charge is -2.17. The maximum Gasteiger partial charge on any atom is 0.435 e. The van der Waals surface area contributed by atoms with Crippen LogP contribution in [0, 0.1) is 6.92 Å². The largest absolute Gasteiger partial charge is 0.442 e. The predicted octanol–water partition coefficient (Wildman–Crippen LogP) is 2.83. The van der Waals surface area contributed by atoms with E-state index in [1.165, 1.54) is 0 Å². The molecule has 18 heavy (non-hydrogen) atoms. The molecule has 0 atom stereocenters. The number of nitrogens with two attached hydrogens (primary N) is 1. The average molecular weight is 248 g/mol. The van der Waals surface area contributed by atoms with Crippen LogP contribution in [0.4, 0.5) is 4.79 Å². The molecule has 1 amide bonds. The van der Waals surface area contributed by atoms with Crippen molar-refractivity contribution < 1.29 is 9.53 Å². The molecule has 4 heteroatoms. The Bertz CT molecular complexity index is 459. The molecule has 0 aliphatic heterocycles. The van der Waals surface area contributed by atoms with Crippen molar-refractivity contribution in [2.24, 2.45) is 10.7 Å². The first-order chi connectivity index (χ1) is 8.28. The molecule has 0 aliphatic carbocycles. The highest BCUT2D eigenvalue weighted by atomic mass is 16.6. The topological polar surface area (TPSA) is 64.7 Å². The van der Waals surface area contributed by atoms with Crippen molar-refractivity contribution in [3.8, 4) is 0 Å². The van der Waals surface area contributed by atoms with Gasteiger partial charge in [0.25, 0.3) is 0 Å². The van der Waals surface area contributed by atoms with Crippen molar-refractivity contribution in [1.29, 1.82) is 0 Å². The van der Waals surface area contributed by atoms with Gasteiger partial charge in [-0.25, -0.2) is 4.79 Å². The standard InChI is InChI=1S/C14H20N2O2/c1-10-7-5-6-8-11(10)9-12(15)16-13(17)18-14(2,3)4/h5-8H,9H2,1-4H3,(H2,15,16,17). The van der Waals surface area contributed by atoms with Crippen molar-refractivity contribution in [2.75, 3.05) is 0 Å². The van der Waals surface area contributed by atoms with E-state index in [0.717, 1.165) is 11.1 Å². The molecule has 1 aromatic carbocycles. The van der Waals surface area contributed by atoms with Crippen LogP contribution in [0.2, 0.25) is 0 Å². The van der Waals surface area contributed by atoms with E-state index in [0.29, 0.717) is 6.42 Å². The third-order valence-electron chi connectivity index (χ3n) is 2.26. The molecule has 0 heterocycles. The maximum absolute atomic E-state index is 11.5. The summed E-state index contributed by atoms with van der Waals surface area (Å²) in [6.45, 7) is 7.37. The number of carbonyl (C=O) groups excluding carboxylic acids is 1. The Labute approximate surface area is 108 Å². The summed E-state index contributed by atoms with van der Waals surface area (Å²) in [5, 5.41) is 0. The fraction of sp³-hybridized carbons (Fsp3) is 0.429. The van der Waals surface area contributed by atoms with Crippen molar-refractivity contribution >= 4 is 11.9 Å². The smallest absolute Gasteiger partial charge is 0.435 e. The summed E-state index contributed by atoms with van der Waals surface area (Å²) in [6.07, 6.45) is -0.195. The minimum atomic E-state index is -0.645. The summed E-state index contributed by atoms with van der Waals surface area (Å²) >= 11 is 0. The molecule has 0 aromatic heterocycles. The molecule has 98 valence electrons. The van der Waals surface area contributed by atoms with Gasteiger partial charge in [-0.05, 0) is 38.8 Å².